The Morgan fingerprint density at radius 3 is 1.97 bits per heavy atom. The fraction of sp³-hybridized carbons (Fsp3) is 0. The molecule has 7 rings (SSSR count). The van der Waals surface area contributed by atoms with E-state index in [-0.39, 0.29) is 0 Å². The molecule has 0 fully saturated rings. The Bertz CT molecular complexity index is 1830. The van der Waals surface area contributed by atoms with Crippen molar-refractivity contribution in [1.82, 2.24) is 0 Å². The van der Waals surface area contributed by atoms with Gasteiger partial charge in [-0.05, 0) is 64.4 Å². The van der Waals surface area contributed by atoms with E-state index in [4.69, 9.17) is 4.42 Å². The lowest BCUT2D eigenvalue weighted by atomic mass is 10.0. The zero-order valence-electron chi connectivity index (χ0n) is 19.6. The van der Waals surface area contributed by atoms with Crippen LogP contribution in [0.5, 0.6) is 0 Å². The largest absolute Gasteiger partial charge is 0.456 e. The maximum absolute atomic E-state index is 6.39. The lowest BCUT2D eigenvalue weighted by Crippen LogP contribution is -2.09. The van der Waals surface area contributed by atoms with Crippen LogP contribution in [0.4, 0.5) is 17.1 Å². The van der Waals surface area contributed by atoms with E-state index in [1.54, 1.807) is 0 Å². The lowest BCUT2D eigenvalue weighted by Gasteiger charge is -2.26. The van der Waals surface area contributed by atoms with Crippen molar-refractivity contribution in [1.29, 1.82) is 0 Å². The maximum atomic E-state index is 6.39. The highest BCUT2D eigenvalue weighted by Crippen LogP contribution is 2.40. The third kappa shape index (κ3) is 3.43. The molecule has 7 aromatic rings. The first kappa shape index (κ1) is 20.5. The second kappa shape index (κ2) is 8.44. The van der Waals surface area contributed by atoms with Crippen molar-refractivity contribution in [3.05, 3.63) is 140 Å². The molecule has 0 atom stereocenters. The minimum atomic E-state index is 0.888. The topological polar surface area (TPSA) is 16.4 Å². The Morgan fingerprint density at radius 2 is 1.11 bits per heavy atom. The standard InChI is InChI=1S/C34H23NO/c1-3-10-24(11-4-1)26-13-9-16-28(22-26)35(27-14-5-2-6-15-27)29-19-20-31-33(23-29)36-32-21-18-25-12-7-8-17-30(25)34(31)32/h1-23H. The molecular formula is C34H23NO. The van der Waals surface area contributed by atoms with Crippen LogP contribution in [0.1, 0.15) is 0 Å². The van der Waals surface area contributed by atoms with Gasteiger partial charge in [0, 0.05) is 33.9 Å². The first-order valence-electron chi connectivity index (χ1n) is 12.2. The van der Waals surface area contributed by atoms with Crippen LogP contribution in [0.25, 0.3) is 43.8 Å². The van der Waals surface area contributed by atoms with Gasteiger partial charge in [-0.25, -0.2) is 0 Å². The van der Waals surface area contributed by atoms with Crippen LogP contribution in [-0.4, -0.2) is 0 Å². The van der Waals surface area contributed by atoms with Gasteiger partial charge in [0.15, 0.2) is 0 Å². The molecule has 0 bridgehead atoms. The number of hydrogen-bond acceptors (Lipinski definition) is 2. The number of benzene rings is 6. The molecule has 0 aliphatic heterocycles. The molecule has 0 saturated heterocycles. The molecule has 1 aromatic heterocycles. The van der Waals surface area contributed by atoms with Gasteiger partial charge in [-0.1, -0.05) is 91.0 Å². The van der Waals surface area contributed by atoms with Crippen LogP contribution in [0.15, 0.2) is 144 Å². The zero-order chi connectivity index (χ0) is 23.9. The van der Waals surface area contributed by atoms with E-state index in [2.05, 4.69) is 144 Å². The Balaban J connectivity index is 1.42. The fourth-order valence-electron chi connectivity index (χ4n) is 5.15. The van der Waals surface area contributed by atoms with Crippen molar-refractivity contribution >= 4 is 49.8 Å². The predicted octanol–water partition coefficient (Wildman–Crippen LogP) is 9.88. The Kier molecular flexibility index (Phi) is 4.82. The second-order valence-electron chi connectivity index (χ2n) is 9.03. The van der Waals surface area contributed by atoms with Crippen LogP contribution in [0, 0.1) is 0 Å². The summed E-state index contributed by atoms with van der Waals surface area (Å²) in [6, 6.07) is 49.0. The molecule has 0 N–H and O–H groups in total. The molecule has 2 heteroatoms. The van der Waals surface area contributed by atoms with Gasteiger partial charge >= 0.3 is 0 Å². The molecule has 0 amide bonds. The Hall–Kier alpha value is -4.82. The van der Waals surface area contributed by atoms with Crippen molar-refractivity contribution in [2.45, 2.75) is 0 Å². The average molecular weight is 462 g/mol. The van der Waals surface area contributed by atoms with E-state index in [1.165, 1.54) is 27.3 Å². The van der Waals surface area contributed by atoms with Gasteiger partial charge in [0.2, 0.25) is 0 Å². The highest BCUT2D eigenvalue weighted by Gasteiger charge is 2.16. The Labute approximate surface area is 209 Å². The summed E-state index contributed by atoms with van der Waals surface area (Å²) in [5.74, 6) is 0. The summed E-state index contributed by atoms with van der Waals surface area (Å²) in [5.41, 5.74) is 7.45. The van der Waals surface area contributed by atoms with Crippen LogP contribution >= 0.6 is 0 Å². The molecular weight excluding hydrogens is 438 g/mol. The van der Waals surface area contributed by atoms with Gasteiger partial charge in [0.1, 0.15) is 11.2 Å². The zero-order valence-corrected chi connectivity index (χ0v) is 19.6. The van der Waals surface area contributed by atoms with Crippen LogP contribution in [0.3, 0.4) is 0 Å². The third-order valence-corrected chi connectivity index (χ3v) is 6.83. The maximum Gasteiger partial charge on any atom is 0.137 e. The quantitative estimate of drug-likeness (QED) is 0.259. The summed E-state index contributed by atoms with van der Waals surface area (Å²) in [6.45, 7) is 0. The summed E-state index contributed by atoms with van der Waals surface area (Å²) in [4.78, 5) is 2.29. The van der Waals surface area contributed by atoms with Crippen molar-refractivity contribution < 1.29 is 4.42 Å². The van der Waals surface area contributed by atoms with Gasteiger partial charge < -0.3 is 9.32 Å². The Morgan fingerprint density at radius 1 is 0.417 bits per heavy atom. The van der Waals surface area contributed by atoms with Crippen molar-refractivity contribution in [3.63, 3.8) is 0 Å². The summed E-state index contributed by atoms with van der Waals surface area (Å²) in [6.07, 6.45) is 0. The van der Waals surface area contributed by atoms with Crippen molar-refractivity contribution in [2.75, 3.05) is 4.90 Å². The molecule has 0 unspecified atom stereocenters. The molecule has 0 spiro atoms. The number of hydrogen-bond donors (Lipinski definition) is 0. The minimum absolute atomic E-state index is 0.888. The normalized spacial score (nSPS) is 11.3. The van der Waals surface area contributed by atoms with Gasteiger partial charge in [-0.3, -0.25) is 0 Å². The summed E-state index contributed by atoms with van der Waals surface area (Å²) < 4.78 is 6.39. The smallest absolute Gasteiger partial charge is 0.137 e. The monoisotopic (exact) mass is 461 g/mol. The molecule has 1 heterocycles. The molecule has 0 saturated carbocycles. The third-order valence-electron chi connectivity index (χ3n) is 6.83. The molecule has 170 valence electrons. The van der Waals surface area contributed by atoms with Gasteiger partial charge in [-0.15, -0.1) is 0 Å². The van der Waals surface area contributed by atoms with E-state index in [1.807, 2.05) is 0 Å². The molecule has 0 radical (unpaired) electrons. The van der Waals surface area contributed by atoms with E-state index in [0.29, 0.717) is 0 Å². The van der Waals surface area contributed by atoms with Crippen LogP contribution in [-0.2, 0) is 0 Å². The van der Waals surface area contributed by atoms with E-state index in [0.717, 1.165) is 33.6 Å². The number of furan rings is 1. The van der Waals surface area contributed by atoms with Gasteiger partial charge in [0.05, 0.1) is 0 Å². The number of anilines is 3. The molecule has 2 nitrogen and oxygen atoms in total. The summed E-state index contributed by atoms with van der Waals surface area (Å²) >= 11 is 0. The molecule has 0 aliphatic carbocycles. The van der Waals surface area contributed by atoms with E-state index in [9.17, 15) is 0 Å². The second-order valence-corrected chi connectivity index (χ2v) is 9.03. The van der Waals surface area contributed by atoms with Crippen LogP contribution in [0.2, 0.25) is 0 Å². The number of fused-ring (bicyclic) bond motifs is 5. The van der Waals surface area contributed by atoms with Crippen LogP contribution < -0.4 is 4.90 Å². The first-order chi connectivity index (χ1) is 17.8. The summed E-state index contributed by atoms with van der Waals surface area (Å²) in [5, 5.41) is 4.75. The first-order valence-corrected chi connectivity index (χ1v) is 12.2. The SMILES string of the molecule is c1ccc(-c2cccc(N(c3ccccc3)c3ccc4c(c3)oc3ccc5ccccc5c34)c2)cc1. The summed E-state index contributed by atoms with van der Waals surface area (Å²) in [7, 11) is 0. The number of para-hydroxylation sites is 1. The molecule has 0 aliphatic rings. The number of rotatable bonds is 4. The van der Waals surface area contributed by atoms with Gasteiger partial charge in [-0.2, -0.15) is 0 Å². The predicted molar refractivity (Wildman–Crippen MR) is 151 cm³/mol. The van der Waals surface area contributed by atoms with Gasteiger partial charge in [0.25, 0.3) is 0 Å². The molecule has 6 aromatic carbocycles. The average Bonchev–Trinajstić information content (AvgIpc) is 3.33. The van der Waals surface area contributed by atoms with E-state index >= 15 is 0 Å². The fourth-order valence-corrected chi connectivity index (χ4v) is 5.15. The van der Waals surface area contributed by atoms with Crippen molar-refractivity contribution in [3.8, 4) is 11.1 Å². The lowest BCUT2D eigenvalue weighted by molar-refractivity contribution is 0.669. The highest BCUT2D eigenvalue weighted by atomic mass is 16.3. The van der Waals surface area contributed by atoms with Crippen molar-refractivity contribution in [2.24, 2.45) is 0 Å². The molecule has 36 heavy (non-hydrogen) atoms. The minimum Gasteiger partial charge on any atom is -0.456 e. The number of nitrogens with zero attached hydrogens (tertiary/aromatic N) is 1. The highest BCUT2D eigenvalue weighted by molar-refractivity contribution is 6.19. The van der Waals surface area contributed by atoms with E-state index < -0.39 is 0 Å².